The maximum absolute atomic E-state index is 12.2. The van der Waals surface area contributed by atoms with Gasteiger partial charge < -0.3 is 20.5 Å². The molecule has 0 saturated heterocycles. The van der Waals surface area contributed by atoms with Crippen LogP contribution in [0.5, 0.6) is 11.5 Å². The molecule has 1 aromatic carbocycles. The van der Waals surface area contributed by atoms with E-state index in [1.807, 2.05) is 46.8 Å². The molecule has 0 aliphatic carbocycles. The van der Waals surface area contributed by atoms with Crippen molar-refractivity contribution in [3.8, 4) is 11.5 Å². The summed E-state index contributed by atoms with van der Waals surface area (Å²) in [5.74, 6) is 1.52. The minimum atomic E-state index is -0.552. The molecular weight excluding hydrogens is 328 g/mol. The molecule has 0 radical (unpaired) electrons. The molecule has 1 aromatic rings. The molecule has 1 aliphatic rings. The molecule has 1 amide bonds. The van der Waals surface area contributed by atoms with Crippen LogP contribution in [0.1, 0.15) is 45.7 Å². The van der Waals surface area contributed by atoms with E-state index in [2.05, 4.69) is 5.32 Å². The average molecular weight is 357 g/mol. The Kier molecular flexibility index (Phi) is 6.93. The molecule has 3 N–H and O–H groups in total. The van der Waals surface area contributed by atoms with Crippen LogP contribution >= 0.6 is 12.4 Å². The lowest BCUT2D eigenvalue weighted by Gasteiger charge is -2.26. The van der Waals surface area contributed by atoms with Gasteiger partial charge in [0.25, 0.3) is 0 Å². The first-order valence-corrected chi connectivity index (χ1v) is 8.21. The highest BCUT2D eigenvalue weighted by Gasteiger charge is 2.28. The highest BCUT2D eigenvalue weighted by atomic mass is 35.5. The predicted molar refractivity (Wildman–Crippen MR) is 97.9 cm³/mol. The third-order valence-corrected chi connectivity index (χ3v) is 4.05. The minimum Gasteiger partial charge on any atom is -0.494 e. The molecule has 5 nitrogen and oxygen atoms in total. The maximum Gasteiger partial charge on any atom is 0.237 e. The number of halogens is 1. The molecule has 0 spiro atoms. The highest BCUT2D eigenvalue weighted by molar-refractivity contribution is 5.85. The third kappa shape index (κ3) is 4.77. The van der Waals surface area contributed by atoms with Crippen LogP contribution in [0.3, 0.4) is 0 Å². The van der Waals surface area contributed by atoms with Crippen molar-refractivity contribution in [3.63, 3.8) is 0 Å². The molecule has 2 atom stereocenters. The number of benzene rings is 1. The van der Waals surface area contributed by atoms with Crippen molar-refractivity contribution in [2.75, 3.05) is 6.61 Å². The second-order valence-electron chi connectivity index (χ2n) is 7.19. The van der Waals surface area contributed by atoms with Gasteiger partial charge in [-0.25, -0.2) is 0 Å². The summed E-state index contributed by atoms with van der Waals surface area (Å²) in [6.07, 6.45) is 1.07. The highest BCUT2D eigenvalue weighted by Crippen LogP contribution is 2.35. The number of amides is 1. The Morgan fingerprint density at radius 1 is 1.46 bits per heavy atom. The second kappa shape index (κ2) is 8.08. The van der Waals surface area contributed by atoms with Gasteiger partial charge >= 0.3 is 0 Å². The van der Waals surface area contributed by atoms with Gasteiger partial charge in [-0.2, -0.15) is 0 Å². The Morgan fingerprint density at radius 2 is 2.12 bits per heavy atom. The fraction of sp³-hybridized carbons (Fsp3) is 0.611. The van der Waals surface area contributed by atoms with Crippen molar-refractivity contribution in [3.05, 3.63) is 23.3 Å². The standard InChI is InChI=1S/C18H28N2O3.ClH/c1-6-22-14-8-12-7-11(2)23-15(12)9-13(14)10-20-17(21)16(19)18(3,4)5;/h8-9,11,16H,6-7,10,19H2,1-5H3,(H,20,21);1H/t11?,16-;/m1./s1. The number of carbonyl (C=O) groups excluding carboxylic acids is 1. The van der Waals surface area contributed by atoms with E-state index in [1.165, 1.54) is 0 Å². The normalized spacial score (nSPS) is 17.3. The summed E-state index contributed by atoms with van der Waals surface area (Å²) in [5.41, 5.74) is 7.79. The van der Waals surface area contributed by atoms with E-state index in [4.69, 9.17) is 15.2 Å². The summed E-state index contributed by atoms with van der Waals surface area (Å²) in [6, 6.07) is 3.43. The van der Waals surface area contributed by atoms with Gasteiger partial charge in [-0.15, -0.1) is 12.4 Å². The van der Waals surface area contributed by atoms with E-state index in [0.29, 0.717) is 13.2 Å². The van der Waals surface area contributed by atoms with Gasteiger partial charge in [0.2, 0.25) is 5.91 Å². The zero-order chi connectivity index (χ0) is 17.2. The number of ether oxygens (including phenoxy) is 2. The van der Waals surface area contributed by atoms with E-state index in [1.54, 1.807) is 0 Å². The number of rotatable bonds is 5. The van der Waals surface area contributed by atoms with Crippen LogP contribution in [0.2, 0.25) is 0 Å². The number of fused-ring (bicyclic) bond motifs is 1. The van der Waals surface area contributed by atoms with Gasteiger partial charge in [0.05, 0.1) is 12.6 Å². The van der Waals surface area contributed by atoms with E-state index >= 15 is 0 Å². The first kappa shape index (κ1) is 20.6. The molecule has 0 saturated carbocycles. The Labute approximate surface area is 150 Å². The first-order chi connectivity index (χ1) is 10.7. The molecule has 0 fully saturated rings. The largest absolute Gasteiger partial charge is 0.494 e. The Balaban J connectivity index is 0.00000288. The van der Waals surface area contributed by atoms with Crippen LogP contribution in [-0.4, -0.2) is 24.7 Å². The fourth-order valence-corrected chi connectivity index (χ4v) is 2.60. The molecule has 1 aliphatic heterocycles. The molecular formula is C18H29ClN2O3. The summed E-state index contributed by atoms with van der Waals surface area (Å²) in [6.45, 7) is 10.8. The van der Waals surface area contributed by atoms with E-state index in [0.717, 1.165) is 29.0 Å². The number of nitrogens with two attached hydrogens (primary N) is 1. The molecule has 136 valence electrons. The smallest absolute Gasteiger partial charge is 0.237 e. The summed E-state index contributed by atoms with van der Waals surface area (Å²) in [4.78, 5) is 12.2. The Morgan fingerprint density at radius 3 is 2.71 bits per heavy atom. The lowest BCUT2D eigenvalue weighted by atomic mass is 9.87. The van der Waals surface area contributed by atoms with Gasteiger partial charge in [0.15, 0.2) is 0 Å². The summed E-state index contributed by atoms with van der Waals surface area (Å²) >= 11 is 0. The Hall–Kier alpha value is -1.46. The van der Waals surface area contributed by atoms with Crippen molar-refractivity contribution in [2.45, 2.75) is 59.7 Å². The SMILES string of the molecule is CCOc1cc2c(cc1CNC(=O)[C@@H](N)C(C)(C)C)OC(C)C2.Cl. The average Bonchev–Trinajstić information content (AvgIpc) is 2.82. The number of nitrogens with one attached hydrogen (secondary N) is 1. The lowest BCUT2D eigenvalue weighted by molar-refractivity contribution is -0.124. The summed E-state index contributed by atoms with van der Waals surface area (Å²) < 4.78 is 11.5. The molecule has 1 unspecified atom stereocenters. The van der Waals surface area contributed by atoms with E-state index < -0.39 is 6.04 Å². The van der Waals surface area contributed by atoms with Crippen LogP contribution in [0, 0.1) is 5.41 Å². The van der Waals surface area contributed by atoms with Crippen LogP contribution < -0.4 is 20.5 Å². The fourth-order valence-electron chi connectivity index (χ4n) is 2.60. The van der Waals surface area contributed by atoms with Gasteiger partial charge in [-0.1, -0.05) is 20.8 Å². The van der Waals surface area contributed by atoms with Gasteiger partial charge in [-0.05, 0) is 31.4 Å². The second-order valence-corrected chi connectivity index (χ2v) is 7.19. The molecule has 24 heavy (non-hydrogen) atoms. The van der Waals surface area contributed by atoms with Gasteiger partial charge in [0.1, 0.15) is 17.6 Å². The minimum absolute atomic E-state index is 0. The van der Waals surface area contributed by atoms with Crippen LogP contribution in [0.4, 0.5) is 0 Å². The van der Waals surface area contributed by atoms with Crippen molar-refractivity contribution in [2.24, 2.45) is 11.1 Å². The van der Waals surface area contributed by atoms with Crippen LogP contribution in [-0.2, 0) is 17.8 Å². The first-order valence-electron chi connectivity index (χ1n) is 8.21. The molecule has 0 bridgehead atoms. The van der Waals surface area contributed by atoms with Crippen LogP contribution in [0.15, 0.2) is 12.1 Å². The van der Waals surface area contributed by atoms with Crippen molar-refractivity contribution < 1.29 is 14.3 Å². The molecule has 6 heteroatoms. The topological polar surface area (TPSA) is 73.6 Å². The number of carbonyl (C=O) groups is 1. The van der Waals surface area contributed by atoms with Crippen molar-refractivity contribution in [1.82, 2.24) is 5.32 Å². The zero-order valence-corrected chi connectivity index (χ0v) is 16.0. The molecule has 2 rings (SSSR count). The lowest BCUT2D eigenvalue weighted by Crippen LogP contribution is -2.48. The Bertz CT molecular complexity index is 584. The third-order valence-electron chi connectivity index (χ3n) is 4.05. The van der Waals surface area contributed by atoms with Gasteiger partial charge in [0, 0.05) is 24.1 Å². The monoisotopic (exact) mass is 356 g/mol. The maximum atomic E-state index is 12.2. The van der Waals surface area contributed by atoms with Gasteiger partial charge in [-0.3, -0.25) is 4.79 Å². The van der Waals surface area contributed by atoms with E-state index in [9.17, 15) is 4.79 Å². The molecule has 1 heterocycles. The molecule has 0 aromatic heterocycles. The summed E-state index contributed by atoms with van der Waals surface area (Å²) in [7, 11) is 0. The number of hydrogen-bond donors (Lipinski definition) is 2. The number of hydrogen-bond acceptors (Lipinski definition) is 4. The van der Waals surface area contributed by atoms with E-state index in [-0.39, 0.29) is 29.8 Å². The van der Waals surface area contributed by atoms with Crippen LogP contribution in [0.25, 0.3) is 0 Å². The zero-order valence-electron chi connectivity index (χ0n) is 15.1. The predicted octanol–water partition coefficient (Wildman–Crippen LogP) is 2.82. The summed E-state index contributed by atoms with van der Waals surface area (Å²) in [5, 5.41) is 2.91. The van der Waals surface area contributed by atoms with Crippen molar-refractivity contribution >= 4 is 18.3 Å². The van der Waals surface area contributed by atoms with Crippen molar-refractivity contribution in [1.29, 1.82) is 0 Å². The quantitative estimate of drug-likeness (QED) is 0.850.